The first-order valence-corrected chi connectivity index (χ1v) is 9.39. The molecule has 2 rings (SSSR count). The SMILES string of the molecule is CCCN(CCC)C(=O)c1ccnc(N2CCN(C(=O)OCC)CC2)n1. The molecule has 1 saturated heterocycles. The van der Waals surface area contributed by atoms with Gasteiger partial charge in [0.2, 0.25) is 5.95 Å². The molecule has 0 aliphatic carbocycles. The molecule has 1 fully saturated rings. The molecule has 0 bridgehead atoms. The van der Waals surface area contributed by atoms with Crippen molar-refractivity contribution in [1.29, 1.82) is 0 Å². The summed E-state index contributed by atoms with van der Waals surface area (Å²) in [7, 11) is 0. The lowest BCUT2D eigenvalue weighted by Crippen LogP contribution is -2.49. The van der Waals surface area contributed by atoms with Gasteiger partial charge in [-0.25, -0.2) is 14.8 Å². The molecule has 1 aromatic heterocycles. The number of carbonyl (C=O) groups excluding carboxylic acids is 2. The fourth-order valence-corrected chi connectivity index (χ4v) is 2.94. The summed E-state index contributed by atoms with van der Waals surface area (Å²) in [5.41, 5.74) is 0.421. The fraction of sp³-hybridized carbons (Fsp3) is 0.667. The van der Waals surface area contributed by atoms with Crippen LogP contribution in [0.5, 0.6) is 0 Å². The van der Waals surface area contributed by atoms with E-state index in [0.717, 1.165) is 25.9 Å². The highest BCUT2D eigenvalue weighted by molar-refractivity contribution is 5.92. The summed E-state index contributed by atoms with van der Waals surface area (Å²) in [4.78, 5) is 38.8. The maximum absolute atomic E-state index is 12.7. The third kappa shape index (κ3) is 5.06. The van der Waals surface area contributed by atoms with Gasteiger partial charge in [-0.1, -0.05) is 13.8 Å². The number of piperazine rings is 1. The largest absolute Gasteiger partial charge is 0.450 e. The van der Waals surface area contributed by atoms with E-state index in [4.69, 9.17) is 4.74 Å². The molecule has 8 nitrogen and oxygen atoms in total. The van der Waals surface area contributed by atoms with Gasteiger partial charge >= 0.3 is 6.09 Å². The highest BCUT2D eigenvalue weighted by atomic mass is 16.6. The molecule has 1 aromatic rings. The van der Waals surface area contributed by atoms with Gasteiger partial charge in [-0.2, -0.15) is 0 Å². The molecule has 1 aliphatic heterocycles. The molecule has 0 N–H and O–H groups in total. The lowest BCUT2D eigenvalue weighted by atomic mass is 10.3. The van der Waals surface area contributed by atoms with Crippen molar-refractivity contribution in [2.45, 2.75) is 33.6 Å². The van der Waals surface area contributed by atoms with Crippen LogP contribution in [0.15, 0.2) is 12.3 Å². The second-order valence-corrected chi connectivity index (χ2v) is 6.21. The second-order valence-electron chi connectivity index (χ2n) is 6.21. The van der Waals surface area contributed by atoms with Crippen LogP contribution < -0.4 is 4.90 Å². The lowest BCUT2D eigenvalue weighted by molar-refractivity contribution is 0.0749. The molecular weight excluding hydrogens is 334 g/mol. The van der Waals surface area contributed by atoms with Gasteiger partial charge in [0.25, 0.3) is 5.91 Å². The summed E-state index contributed by atoms with van der Waals surface area (Å²) < 4.78 is 5.03. The maximum Gasteiger partial charge on any atom is 0.409 e. The second kappa shape index (κ2) is 9.94. The van der Waals surface area contributed by atoms with E-state index < -0.39 is 0 Å². The lowest BCUT2D eigenvalue weighted by Gasteiger charge is -2.34. The smallest absolute Gasteiger partial charge is 0.409 e. The summed E-state index contributed by atoms with van der Waals surface area (Å²) in [6, 6.07) is 1.67. The zero-order valence-corrected chi connectivity index (χ0v) is 16.0. The number of ether oxygens (including phenoxy) is 1. The first-order valence-electron chi connectivity index (χ1n) is 9.39. The molecule has 144 valence electrons. The molecule has 26 heavy (non-hydrogen) atoms. The van der Waals surface area contributed by atoms with Crippen LogP contribution in [0.2, 0.25) is 0 Å². The van der Waals surface area contributed by atoms with E-state index in [1.165, 1.54) is 0 Å². The minimum atomic E-state index is -0.285. The van der Waals surface area contributed by atoms with Gasteiger partial charge in [0.1, 0.15) is 5.69 Å². The maximum atomic E-state index is 12.7. The van der Waals surface area contributed by atoms with Gasteiger partial charge in [0, 0.05) is 45.5 Å². The minimum Gasteiger partial charge on any atom is -0.450 e. The third-order valence-electron chi connectivity index (χ3n) is 4.22. The Morgan fingerprint density at radius 2 is 1.77 bits per heavy atom. The van der Waals surface area contributed by atoms with Crippen molar-refractivity contribution in [3.05, 3.63) is 18.0 Å². The van der Waals surface area contributed by atoms with Crippen LogP contribution in [0, 0.1) is 0 Å². The summed E-state index contributed by atoms with van der Waals surface area (Å²) in [5, 5.41) is 0. The zero-order valence-electron chi connectivity index (χ0n) is 16.0. The predicted octanol–water partition coefficient (Wildman–Crippen LogP) is 2.02. The Bertz CT molecular complexity index is 596. The zero-order chi connectivity index (χ0) is 18.9. The van der Waals surface area contributed by atoms with Gasteiger partial charge in [0.05, 0.1) is 6.61 Å². The van der Waals surface area contributed by atoms with Crippen LogP contribution in [0.25, 0.3) is 0 Å². The molecule has 0 aromatic carbocycles. The fourth-order valence-electron chi connectivity index (χ4n) is 2.94. The topological polar surface area (TPSA) is 78.9 Å². The van der Waals surface area contributed by atoms with Crippen LogP contribution in [0.1, 0.15) is 44.1 Å². The molecule has 0 saturated carbocycles. The van der Waals surface area contributed by atoms with Crippen molar-refractivity contribution in [1.82, 2.24) is 19.8 Å². The number of hydrogen-bond acceptors (Lipinski definition) is 6. The van der Waals surface area contributed by atoms with E-state index in [1.54, 1.807) is 24.1 Å². The first kappa shape index (κ1) is 19.9. The molecule has 2 amide bonds. The van der Waals surface area contributed by atoms with E-state index in [-0.39, 0.29) is 12.0 Å². The molecule has 0 atom stereocenters. The minimum absolute atomic E-state index is 0.0532. The van der Waals surface area contributed by atoms with Gasteiger partial charge in [-0.15, -0.1) is 0 Å². The number of carbonyl (C=O) groups is 2. The monoisotopic (exact) mass is 363 g/mol. The average molecular weight is 363 g/mol. The van der Waals surface area contributed by atoms with Gasteiger partial charge in [-0.3, -0.25) is 4.79 Å². The van der Waals surface area contributed by atoms with Crippen molar-refractivity contribution in [2.24, 2.45) is 0 Å². The number of amides is 2. The van der Waals surface area contributed by atoms with Crippen molar-refractivity contribution in [2.75, 3.05) is 50.8 Å². The summed E-state index contributed by atoms with van der Waals surface area (Å²) >= 11 is 0. The Balaban J connectivity index is 2.03. The van der Waals surface area contributed by atoms with Crippen LogP contribution >= 0.6 is 0 Å². The Morgan fingerprint density at radius 3 is 2.35 bits per heavy atom. The van der Waals surface area contributed by atoms with E-state index >= 15 is 0 Å². The summed E-state index contributed by atoms with van der Waals surface area (Å²) in [6.45, 7) is 10.1. The van der Waals surface area contributed by atoms with E-state index in [2.05, 4.69) is 23.8 Å². The summed E-state index contributed by atoms with van der Waals surface area (Å²) in [6.07, 6.45) is 3.18. The highest BCUT2D eigenvalue weighted by Crippen LogP contribution is 2.13. The van der Waals surface area contributed by atoms with E-state index in [1.807, 2.05) is 9.80 Å². The van der Waals surface area contributed by atoms with E-state index in [9.17, 15) is 9.59 Å². The quantitative estimate of drug-likeness (QED) is 0.737. The van der Waals surface area contributed by atoms with Crippen molar-refractivity contribution in [3.8, 4) is 0 Å². The van der Waals surface area contributed by atoms with Gasteiger partial charge < -0.3 is 19.4 Å². The van der Waals surface area contributed by atoms with Crippen LogP contribution in [0.3, 0.4) is 0 Å². The van der Waals surface area contributed by atoms with Crippen LogP contribution in [-0.2, 0) is 4.74 Å². The molecule has 0 radical (unpaired) electrons. The van der Waals surface area contributed by atoms with E-state index in [0.29, 0.717) is 44.4 Å². The predicted molar refractivity (Wildman–Crippen MR) is 99.3 cm³/mol. The van der Waals surface area contributed by atoms with Crippen LogP contribution in [0.4, 0.5) is 10.7 Å². The Morgan fingerprint density at radius 1 is 1.12 bits per heavy atom. The number of aromatic nitrogens is 2. The Hall–Kier alpha value is -2.38. The Labute approximate surface area is 155 Å². The molecule has 1 aliphatic rings. The Kier molecular flexibility index (Phi) is 7.62. The highest BCUT2D eigenvalue weighted by Gasteiger charge is 2.24. The van der Waals surface area contributed by atoms with Crippen molar-refractivity contribution in [3.63, 3.8) is 0 Å². The molecular formula is C18H29N5O3. The number of rotatable bonds is 7. The average Bonchev–Trinajstić information content (AvgIpc) is 2.67. The van der Waals surface area contributed by atoms with Gasteiger partial charge in [-0.05, 0) is 25.8 Å². The number of hydrogen-bond donors (Lipinski definition) is 0. The first-order chi connectivity index (χ1) is 12.6. The van der Waals surface area contributed by atoms with Crippen molar-refractivity contribution < 1.29 is 14.3 Å². The van der Waals surface area contributed by atoms with Crippen LogP contribution in [-0.4, -0.2) is 77.6 Å². The molecule has 0 spiro atoms. The third-order valence-corrected chi connectivity index (χ3v) is 4.22. The molecule has 0 unspecified atom stereocenters. The molecule has 8 heteroatoms. The summed E-state index contributed by atoms with van der Waals surface area (Å²) in [5.74, 6) is 0.481. The van der Waals surface area contributed by atoms with Gasteiger partial charge in [0.15, 0.2) is 0 Å². The van der Waals surface area contributed by atoms with Crippen molar-refractivity contribution >= 4 is 17.9 Å². The standard InChI is InChI=1S/C18H29N5O3/c1-4-9-21(10-5-2)16(24)15-7-8-19-17(20-15)22-11-13-23(14-12-22)18(25)26-6-3/h7-8H,4-6,9-14H2,1-3H3. The normalized spacial score (nSPS) is 14.3. The molecule has 2 heterocycles. The number of anilines is 1. The number of nitrogens with zero attached hydrogens (tertiary/aromatic N) is 5.